The molecule has 0 bridgehead atoms. The van der Waals surface area contributed by atoms with E-state index < -0.39 is 0 Å². The van der Waals surface area contributed by atoms with Gasteiger partial charge >= 0.3 is 0 Å². The summed E-state index contributed by atoms with van der Waals surface area (Å²) in [6.07, 6.45) is 18.3. The summed E-state index contributed by atoms with van der Waals surface area (Å²) in [5, 5.41) is 7.53. The number of benzene rings is 8. The van der Waals surface area contributed by atoms with E-state index in [-0.39, 0.29) is 0 Å². The van der Waals surface area contributed by atoms with Crippen LogP contribution >= 0.6 is 0 Å². The monoisotopic (exact) mass is 731 g/mol. The Bertz CT molecular complexity index is 3050. The molecule has 0 saturated carbocycles. The summed E-state index contributed by atoms with van der Waals surface area (Å²) in [6.45, 7) is 6.06. The second-order valence-corrected chi connectivity index (χ2v) is 14.3. The van der Waals surface area contributed by atoms with Crippen LogP contribution in [0.1, 0.15) is 37.5 Å². The molecule has 0 radical (unpaired) electrons. The Morgan fingerprint density at radius 1 is 0.509 bits per heavy atom. The number of hydrogen-bond acceptors (Lipinski definition) is 0. The number of nitrogens with zero attached hydrogens (tertiary/aromatic N) is 1. The van der Waals surface area contributed by atoms with Crippen LogP contribution in [0.5, 0.6) is 0 Å². The Balaban J connectivity index is 0.00000208. The second kappa shape index (κ2) is 15.6. The van der Waals surface area contributed by atoms with Crippen molar-refractivity contribution in [1.82, 2.24) is 4.57 Å². The molecular formula is C56H45N. The van der Waals surface area contributed by atoms with E-state index in [9.17, 15) is 0 Å². The maximum absolute atomic E-state index is 2.42. The van der Waals surface area contributed by atoms with Crippen molar-refractivity contribution in [3.63, 3.8) is 0 Å². The van der Waals surface area contributed by atoms with Crippen LogP contribution in [-0.4, -0.2) is 4.57 Å². The van der Waals surface area contributed by atoms with Crippen molar-refractivity contribution in [2.45, 2.75) is 27.2 Å². The van der Waals surface area contributed by atoms with Gasteiger partial charge in [-0.05, 0) is 121 Å². The van der Waals surface area contributed by atoms with Crippen molar-refractivity contribution in [3.05, 3.63) is 211 Å². The zero-order valence-electron chi connectivity index (χ0n) is 32.8. The Morgan fingerprint density at radius 3 is 2.04 bits per heavy atom. The van der Waals surface area contributed by atoms with Gasteiger partial charge in [0.05, 0.1) is 11.0 Å². The van der Waals surface area contributed by atoms with Gasteiger partial charge in [0.25, 0.3) is 0 Å². The highest BCUT2D eigenvalue weighted by atomic mass is 15.0. The van der Waals surface area contributed by atoms with Crippen LogP contribution in [0.25, 0.3) is 94.6 Å². The van der Waals surface area contributed by atoms with E-state index in [1.807, 2.05) is 13.8 Å². The van der Waals surface area contributed by atoms with Crippen molar-refractivity contribution < 1.29 is 0 Å². The van der Waals surface area contributed by atoms with Gasteiger partial charge in [0.2, 0.25) is 0 Å². The molecule has 1 aliphatic carbocycles. The third-order valence-electron chi connectivity index (χ3n) is 11.2. The number of hydrogen-bond donors (Lipinski definition) is 0. The number of para-hydroxylation sites is 1. The Hall–Kier alpha value is -6.96. The van der Waals surface area contributed by atoms with Gasteiger partial charge in [0, 0.05) is 16.5 Å². The predicted octanol–water partition coefficient (Wildman–Crippen LogP) is 15.8. The summed E-state index contributed by atoms with van der Waals surface area (Å²) >= 11 is 0. The molecule has 9 aromatic rings. The van der Waals surface area contributed by atoms with Crippen molar-refractivity contribution >= 4 is 55.5 Å². The molecular weight excluding hydrogens is 687 g/mol. The first-order valence-corrected chi connectivity index (χ1v) is 20.2. The minimum absolute atomic E-state index is 0.950. The lowest BCUT2D eigenvalue weighted by Crippen LogP contribution is -1.95. The van der Waals surface area contributed by atoms with Gasteiger partial charge < -0.3 is 4.57 Å². The molecule has 0 N–H and O–H groups in total. The summed E-state index contributed by atoms with van der Waals surface area (Å²) in [5.74, 6) is 0. The minimum Gasteiger partial charge on any atom is -0.309 e. The zero-order chi connectivity index (χ0) is 38.7. The van der Waals surface area contributed by atoms with Crippen LogP contribution in [0.2, 0.25) is 0 Å². The van der Waals surface area contributed by atoms with Gasteiger partial charge in [-0.3, -0.25) is 0 Å². The highest BCUT2D eigenvalue weighted by molar-refractivity contribution is 6.13. The summed E-state index contributed by atoms with van der Waals surface area (Å²) in [6, 6.07) is 58.3. The molecule has 0 unspecified atom stereocenters. The fourth-order valence-corrected chi connectivity index (χ4v) is 8.66. The van der Waals surface area contributed by atoms with Crippen LogP contribution in [0.3, 0.4) is 0 Å². The van der Waals surface area contributed by atoms with Gasteiger partial charge in [0.1, 0.15) is 0 Å². The molecule has 1 aliphatic rings. The van der Waals surface area contributed by atoms with Crippen molar-refractivity contribution in [2.75, 3.05) is 0 Å². The van der Waals surface area contributed by atoms with Gasteiger partial charge in [-0.15, -0.1) is 0 Å². The van der Waals surface area contributed by atoms with Crippen LogP contribution in [-0.2, 0) is 6.42 Å². The molecule has 1 nitrogen and oxygen atoms in total. The summed E-state index contributed by atoms with van der Waals surface area (Å²) < 4.78 is 2.42. The standard InChI is InChI=1S/C54H39N.C2H6/c1-2-3-5-18-41-36-50(46-27-15-20-38-17-8-9-22-44(38)46)47-23-10-11-25-49(47)54(41)39-29-32-42(33-30-39)55-52-28-13-12-24-48(52)51-35-40(31-34-53(51)55)45-26-14-19-37-16-6-4-7-21-43(37)45;1-2/h2-15,17-36H,16H2,1H3;1-2H3/b3-2-,18-5-;. The molecule has 0 saturated heterocycles. The average molecular weight is 732 g/mol. The minimum atomic E-state index is 0.950. The van der Waals surface area contributed by atoms with E-state index in [1.54, 1.807) is 0 Å². The first-order valence-electron chi connectivity index (χ1n) is 20.2. The van der Waals surface area contributed by atoms with Crippen LogP contribution < -0.4 is 0 Å². The highest BCUT2D eigenvalue weighted by Gasteiger charge is 2.18. The van der Waals surface area contributed by atoms with E-state index >= 15 is 0 Å². The van der Waals surface area contributed by atoms with Crippen molar-refractivity contribution in [3.8, 4) is 39.1 Å². The largest absolute Gasteiger partial charge is 0.309 e. The molecule has 0 fully saturated rings. The lowest BCUT2D eigenvalue weighted by molar-refractivity contribution is 1.18. The number of fused-ring (bicyclic) bond motifs is 6. The van der Waals surface area contributed by atoms with Gasteiger partial charge in [-0.2, -0.15) is 0 Å². The molecule has 0 atom stereocenters. The number of allylic oxidation sites excluding steroid dienone is 6. The third-order valence-corrected chi connectivity index (χ3v) is 11.2. The molecule has 1 heteroatoms. The van der Waals surface area contributed by atoms with Gasteiger partial charge in [-0.1, -0.05) is 184 Å². The summed E-state index contributed by atoms with van der Waals surface area (Å²) in [5.41, 5.74) is 14.9. The molecule has 0 spiro atoms. The Labute approximate surface area is 335 Å². The van der Waals surface area contributed by atoms with Crippen molar-refractivity contribution in [2.24, 2.45) is 0 Å². The third kappa shape index (κ3) is 6.42. The molecule has 10 rings (SSSR count). The first-order chi connectivity index (χ1) is 28.3. The molecule has 0 amide bonds. The van der Waals surface area contributed by atoms with Crippen LogP contribution in [0.15, 0.2) is 194 Å². The smallest absolute Gasteiger partial charge is 0.0541 e. The van der Waals surface area contributed by atoms with E-state index in [2.05, 4.69) is 218 Å². The zero-order valence-corrected chi connectivity index (χ0v) is 32.8. The lowest BCUT2D eigenvalue weighted by Gasteiger charge is -2.18. The lowest BCUT2D eigenvalue weighted by atomic mass is 9.86. The van der Waals surface area contributed by atoms with E-state index in [0.29, 0.717) is 0 Å². The van der Waals surface area contributed by atoms with E-state index in [1.165, 1.54) is 93.4 Å². The highest BCUT2D eigenvalue weighted by Crippen LogP contribution is 2.42. The second-order valence-electron chi connectivity index (χ2n) is 14.3. The van der Waals surface area contributed by atoms with E-state index in [0.717, 1.165) is 12.1 Å². The van der Waals surface area contributed by atoms with Gasteiger partial charge in [-0.25, -0.2) is 0 Å². The van der Waals surface area contributed by atoms with Crippen LogP contribution in [0.4, 0.5) is 0 Å². The topological polar surface area (TPSA) is 4.93 Å². The SMILES string of the molecule is C/C=C\C=C/c1cc(-c2cccc3ccccc23)c2ccccc2c1-c1ccc(-n2c3ccccc3c3cc(-c4cccc5c4C=CC=CC5)ccc32)cc1.CC. The summed E-state index contributed by atoms with van der Waals surface area (Å²) in [7, 11) is 0. The maximum Gasteiger partial charge on any atom is 0.0541 e. The first kappa shape index (κ1) is 35.7. The van der Waals surface area contributed by atoms with E-state index in [4.69, 9.17) is 0 Å². The molecule has 1 aromatic heterocycles. The molecule has 0 aliphatic heterocycles. The fraction of sp³-hybridized carbons (Fsp3) is 0.0714. The Morgan fingerprint density at radius 2 is 1.19 bits per heavy atom. The number of rotatable bonds is 6. The molecule has 274 valence electrons. The molecule has 1 heterocycles. The average Bonchev–Trinajstić information content (AvgIpc) is 3.40. The molecule has 57 heavy (non-hydrogen) atoms. The molecule has 8 aromatic carbocycles. The van der Waals surface area contributed by atoms with Crippen molar-refractivity contribution in [1.29, 1.82) is 0 Å². The fourth-order valence-electron chi connectivity index (χ4n) is 8.66. The van der Waals surface area contributed by atoms with Crippen LogP contribution in [0, 0.1) is 0 Å². The number of aromatic nitrogens is 1. The predicted molar refractivity (Wildman–Crippen MR) is 249 cm³/mol. The van der Waals surface area contributed by atoms with Gasteiger partial charge in [0.15, 0.2) is 0 Å². The summed E-state index contributed by atoms with van der Waals surface area (Å²) in [4.78, 5) is 0. The maximum atomic E-state index is 2.42. The Kier molecular flexibility index (Phi) is 9.81. The normalized spacial score (nSPS) is 12.5. The quantitative estimate of drug-likeness (QED) is 0.150.